The summed E-state index contributed by atoms with van der Waals surface area (Å²) in [6.07, 6.45) is 2.30. The van der Waals surface area contributed by atoms with Crippen molar-refractivity contribution in [2.75, 3.05) is 29.4 Å². The largest absolute Gasteiger partial charge is 0.357 e. The summed E-state index contributed by atoms with van der Waals surface area (Å²) in [6.45, 7) is 12.6. The summed E-state index contributed by atoms with van der Waals surface area (Å²) in [5, 5.41) is 0. The summed E-state index contributed by atoms with van der Waals surface area (Å²) >= 11 is 3.61. The number of hydrogen-bond donors (Lipinski definition) is 0. The molecule has 0 aliphatic heterocycles. The number of rotatable bonds is 9. The van der Waals surface area contributed by atoms with Gasteiger partial charge in [0.2, 0.25) is 5.95 Å². The van der Waals surface area contributed by atoms with Gasteiger partial charge in [0.25, 0.3) is 0 Å². The molecule has 0 aliphatic carbocycles. The fraction of sp³-hybridized carbons (Fsp3) is 0.476. The summed E-state index contributed by atoms with van der Waals surface area (Å²) in [5.41, 5.74) is 2.58. The predicted molar refractivity (Wildman–Crippen MR) is 116 cm³/mol. The standard InChI is InChI=1S/C21H29BrN4O/c1-6-9-12-25(7-2)20-13-15(4)23-21(24-20)26(8-3)19-11-10-17(16(5)27)14-18(19)22/h10-11,13-14H,6-9,12H2,1-5H3. The van der Waals surface area contributed by atoms with E-state index >= 15 is 0 Å². The Balaban J connectivity index is 2.43. The van der Waals surface area contributed by atoms with Crippen LogP contribution in [0.5, 0.6) is 0 Å². The molecular formula is C21H29BrN4O. The van der Waals surface area contributed by atoms with E-state index in [0.29, 0.717) is 11.5 Å². The Hall–Kier alpha value is -1.95. The van der Waals surface area contributed by atoms with Gasteiger partial charge in [-0.05, 0) is 68.2 Å². The zero-order chi connectivity index (χ0) is 20.0. The van der Waals surface area contributed by atoms with Crippen LogP contribution in [-0.2, 0) is 0 Å². The van der Waals surface area contributed by atoms with Gasteiger partial charge in [-0.25, -0.2) is 4.98 Å². The van der Waals surface area contributed by atoms with Crippen LogP contribution < -0.4 is 9.80 Å². The summed E-state index contributed by atoms with van der Waals surface area (Å²) in [7, 11) is 0. The van der Waals surface area contributed by atoms with E-state index in [1.807, 2.05) is 31.2 Å². The van der Waals surface area contributed by atoms with Gasteiger partial charge in [-0.2, -0.15) is 4.98 Å². The second-order valence-electron chi connectivity index (χ2n) is 6.57. The van der Waals surface area contributed by atoms with Crippen LogP contribution >= 0.6 is 15.9 Å². The van der Waals surface area contributed by atoms with Crippen molar-refractivity contribution in [3.8, 4) is 0 Å². The molecule has 2 rings (SSSR count). The Morgan fingerprint density at radius 3 is 2.41 bits per heavy atom. The molecule has 6 heteroatoms. The van der Waals surface area contributed by atoms with E-state index in [2.05, 4.69) is 51.5 Å². The van der Waals surface area contributed by atoms with Crippen LogP contribution in [-0.4, -0.2) is 35.4 Å². The maximum absolute atomic E-state index is 11.6. The maximum Gasteiger partial charge on any atom is 0.232 e. The molecule has 0 aliphatic rings. The highest BCUT2D eigenvalue weighted by Gasteiger charge is 2.17. The number of anilines is 3. The normalized spacial score (nSPS) is 10.7. The van der Waals surface area contributed by atoms with Gasteiger partial charge in [-0.15, -0.1) is 0 Å². The highest BCUT2D eigenvalue weighted by Crippen LogP contribution is 2.32. The van der Waals surface area contributed by atoms with Gasteiger partial charge in [0.05, 0.1) is 5.69 Å². The van der Waals surface area contributed by atoms with Crippen LogP contribution in [0.15, 0.2) is 28.7 Å². The lowest BCUT2D eigenvalue weighted by molar-refractivity contribution is 0.101. The van der Waals surface area contributed by atoms with Crippen molar-refractivity contribution in [2.45, 2.75) is 47.5 Å². The molecule has 5 nitrogen and oxygen atoms in total. The van der Waals surface area contributed by atoms with Crippen LogP contribution in [0, 0.1) is 6.92 Å². The number of halogens is 1. The average Bonchev–Trinajstić information content (AvgIpc) is 2.63. The summed E-state index contributed by atoms with van der Waals surface area (Å²) < 4.78 is 0.863. The zero-order valence-corrected chi connectivity index (χ0v) is 18.5. The second kappa shape index (κ2) is 9.83. The van der Waals surface area contributed by atoms with Crippen molar-refractivity contribution < 1.29 is 4.79 Å². The van der Waals surface area contributed by atoms with Gasteiger partial charge in [0.1, 0.15) is 5.82 Å². The van der Waals surface area contributed by atoms with Gasteiger partial charge >= 0.3 is 0 Å². The van der Waals surface area contributed by atoms with E-state index in [4.69, 9.17) is 4.98 Å². The van der Waals surface area contributed by atoms with Crippen molar-refractivity contribution in [2.24, 2.45) is 0 Å². The minimum absolute atomic E-state index is 0.0499. The number of hydrogen-bond acceptors (Lipinski definition) is 5. The monoisotopic (exact) mass is 432 g/mol. The summed E-state index contributed by atoms with van der Waals surface area (Å²) in [4.78, 5) is 25.5. The first-order valence-electron chi connectivity index (χ1n) is 9.59. The quantitative estimate of drug-likeness (QED) is 0.487. The molecule has 0 saturated heterocycles. The Morgan fingerprint density at radius 2 is 1.85 bits per heavy atom. The maximum atomic E-state index is 11.6. The SMILES string of the molecule is CCCCN(CC)c1cc(C)nc(N(CC)c2ccc(C(C)=O)cc2Br)n1. The second-order valence-corrected chi connectivity index (χ2v) is 7.42. The lowest BCUT2D eigenvalue weighted by atomic mass is 10.1. The predicted octanol–water partition coefficient (Wildman–Crippen LogP) is 5.53. The Bertz CT molecular complexity index is 794. The average molecular weight is 433 g/mol. The lowest BCUT2D eigenvalue weighted by Crippen LogP contribution is -2.27. The minimum Gasteiger partial charge on any atom is -0.357 e. The molecule has 0 atom stereocenters. The molecule has 0 unspecified atom stereocenters. The number of aromatic nitrogens is 2. The Labute approximate surface area is 170 Å². The number of carbonyl (C=O) groups is 1. The highest BCUT2D eigenvalue weighted by molar-refractivity contribution is 9.10. The van der Waals surface area contributed by atoms with Crippen LogP contribution in [0.1, 0.15) is 56.6 Å². The number of ketones is 1. The number of Topliss-reactive ketones (excluding diaryl/α,β-unsaturated/α-hetero) is 1. The van der Waals surface area contributed by atoms with Crippen molar-refractivity contribution in [1.29, 1.82) is 0 Å². The van der Waals surface area contributed by atoms with E-state index < -0.39 is 0 Å². The third kappa shape index (κ3) is 5.28. The van der Waals surface area contributed by atoms with E-state index in [1.165, 1.54) is 0 Å². The van der Waals surface area contributed by atoms with Crippen molar-refractivity contribution in [3.63, 3.8) is 0 Å². The first-order valence-corrected chi connectivity index (χ1v) is 10.4. The molecule has 0 saturated carbocycles. The molecular weight excluding hydrogens is 404 g/mol. The topological polar surface area (TPSA) is 49.3 Å². The molecule has 1 aromatic carbocycles. The molecule has 146 valence electrons. The molecule has 0 bridgehead atoms. The summed E-state index contributed by atoms with van der Waals surface area (Å²) in [5.74, 6) is 1.69. The number of benzene rings is 1. The highest BCUT2D eigenvalue weighted by atomic mass is 79.9. The number of nitrogens with zero attached hydrogens (tertiary/aromatic N) is 4. The zero-order valence-electron chi connectivity index (χ0n) is 16.9. The lowest BCUT2D eigenvalue weighted by Gasteiger charge is -2.26. The van der Waals surface area contributed by atoms with Crippen LogP contribution in [0.25, 0.3) is 0 Å². The van der Waals surface area contributed by atoms with Crippen molar-refractivity contribution in [1.82, 2.24) is 9.97 Å². The Morgan fingerprint density at radius 1 is 1.11 bits per heavy atom. The first kappa shape index (κ1) is 21.4. The molecule has 0 amide bonds. The third-order valence-corrected chi connectivity index (χ3v) is 5.15. The van der Waals surface area contributed by atoms with Crippen molar-refractivity contribution >= 4 is 39.2 Å². The van der Waals surface area contributed by atoms with Gasteiger partial charge in [-0.3, -0.25) is 4.79 Å². The number of unbranched alkanes of at least 4 members (excludes halogenated alkanes) is 1. The van der Waals surface area contributed by atoms with E-state index in [9.17, 15) is 4.79 Å². The fourth-order valence-corrected chi connectivity index (χ4v) is 3.56. The molecule has 27 heavy (non-hydrogen) atoms. The van der Waals surface area contributed by atoms with Gasteiger partial charge in [0, 0.05) is 41.4 Å². The van der Waals surface area contributed by atoms with E-state index in [1.54, 1.807) is 6.92 Å². The van der Waals surface area contributed by atoms with Crippen molar-refractivity contribution in [3.05, 3.63) is 40.0 Å². The first-order chi connectivity index (χ1) is 12.9. The van der Waals surface area contributed by atoms with Gasteiger partial charge < -0.3 is 9.80 Å². The Kier molecular flexibility index (Phi) is 7.78. The number of aryl methyl sites for hydroxylation is 1. The van der Waals surface area contributed by atoms with Gasteiger partial charge in [-0.1, -0.05) is 13.3 Å². The van der Waals surface area contributed by atoms with Crippen LogP contribution in [0.3, 0.4) is 0 Å². The molecule has 0 fully saturated rings. The van der Waals surface area contributed by atoms with Crippen LogP contribution in [0.4, 0.5) is 17.5 Å². The fourth-order valence-electron chi connectivity index (χ4n) is 2.97. The smallest absolute Gasteiger partial charge is 0.232 e. The summed E-state index contributed by atoms with van der Waals surface area (Å²) in [6, 6.07) is 7.70. The molecule has 1 aromatic heterocycles. The molecule has 0 radical (unpaired) electrons. The van der Waals surface area contributed by atoms with E-state index in [-0.39, 0.29) is 5.78 Å². The number of carbonyl (C=O) groups excluding carboxylic acids is 1. The van der Waals surface area contributed by atoms with Crippen LogP contribution in [0.2, 0.25) is 0 Å². The molecule has 1 heterocycles. The minimum atomic E-state index is 0.0499. The van der Waals surface area contributed by atoms with Gasteiger partial charge in [0.15, 0.2) is 5.78 Å². The van der Waals surface area contributed by atoms with E-state index in [0.717, 1.165) is 54.1 Å². The molecule has 2 aromatic rings. The molecule has 0 spiro atoms. The third-order valence-electron chi connectivity index (χ3n) is 4.52. The molecule has 0 N–H and O–H groups in total.